The van der Waals surface area contributed by atoms with Crippen molar-refractivity contribution in [2.45, 2.75) is 26.9 Å². The molecule has 0 aliphatic carbocycles. The van der Waals surface area contributed by atoms with Gasteiger partial charge in [0.2, 0.25) is 5.75 Å². The SMILES string of the molecule is COc1cc(-c2ccc(N3CCN(C(=O)C(C)Oc4cccc(C)c4C)CC3)nn2)cc(OC)c1OC. The van der Waals surface area contributed by atoms with Gasteiger partial charge in [0.15, 0.2) is 23.4 Å². The normalized spacial score (nSPS) is 14.2. The molecular weight excluding hydrogens is 472 g/mol. The van der Waals surface area contributed by atoms with Gasteiger partial charge in [0.1, 0.15) is 5.75 Å². The van der Waals surface area contributed by atoms with Crippen molar-refractivity contribution in [3.63, 3.8) is 0 Å². The van der Waals surface area contributed by atoms with Crippen LogP contribution in [-0.4, -0.2) is 74.6 Å². The third kappa shape index (κ3) is 5.55. The van der Waals surface area contributed by atoms with E-state index in [0.29, 0.717) is 49.1 Å². The number of aryl methyl sites for hydroxylation is 1. The van der Waals surface area contributed by atoms with Gasteiger partial charge < -0.3 is 28.7 Å². The maximum absolute atomic E-state index is 13.0. The number of benzene rings is 2. The number of anilines is 1. The molecule has 37 heavy (non-hydrogen) atoms. The number of aromatic nitrogens is 2. The van der Waals surface area contributed by atoms with Gasteiger partial charge in [0, 0.05) is 31.7 Å². The Morgan fingerprint density at radius 3 is 2.11 bits per heavy atom. The minimum absolute atomic E-state index is 0.00983. The fraction of sp³-hybridized carbons (Fsp3) is 0.393. The van der Waals surface area contributed by atoms with E-state index in [1.165, 1.54) is 0 Å². The molecule has 0 spiro atoms. The van der Waals surface area contributed by atoms with Crippen LogP contribution in [0.4, 0.5) is 5.82 Å². The highest BCUT2D eigenvalue weighted by Gasteiger charge is 2.27. The summed E-state index contributed by atoms with van der Waals surface area (Å²) in [5.74, 6) is 3.15. The van der Waals surface area contributed by atoms with Crippen LogP contribution in [0, 0.1) is 13.8 Å². The molecule has 0 saturated carbocycles. The topological polar surface area (TPSA) is 86.3 Å². The zero-order valence-corrected chi connectivity index (χ0v) is 22.3. The minimum atomic E-state index is -0.551. The lowest BCUT2D eigenvalue weighted by Gasteiger charge is -2.36. The third-order valence-corrected chi connectivity index (χ3v) is 6.73. The quantitative estimate of drug-likeness (QED) is 0.455. The number of carbonyl (C=O) groups excluding carboxylic acids is 1. The van der Waals surface area contributed by atoms with Crippen molar-refractivity contribution in [2.75, 3.05) is 52.4 Å². The third-order valence-electron chi connectivity index (χ3n) is 6.73. The Kier molecular flexibility index (Phi) is 8.01. The largest absolute Gasteiger partial charge is 0.493 e. The highest BCUT2D eigenvalue weighted by atomic mass is 16.5. The van der Waals surface area contributed by atoms with Crippen LogP contribution in [-0.2, 0) is 4.79 Å². The van der Waals surface area contributed by atoms with Gasteiger partial charge in [-0.2, -0.15) is 0 Å². The maximum atomic E-state index is 13.0. The highest BCUT2D eigenvalue weighted by molar-refractivity contribution is 5.81. The standard InChI is InChI=1S/C28H34N4O5/c1-18-8-7-9-23(19(18)2)37-20(3)28(33)32-14-12-31(13-15-32)26-11-10-22(29-30-26)21-16-24(34-4)27(36-6)25(17-21)35-5/h7-11,16-17,20H,12-15H2,1-6H3. The van der Waals surface area contributed by atoms with Crippen LogP contribution in [0.15, 0.2) is 42.5 Å². The number of hydrogen-bond donors (Lipinski definition) is 0. The molecule has 2 aromatic carbocycles. The number of piperazine rings is 1. The Labute approximate surface area is 217 Å². The van der Waals surface area contributed by atoms with Crippen LogP contribution in [0.3, 0.4) is 0 Å². The van der Waals surface area contributed by atoms with Gasteiger partial charge in [0.05, 0.1) is 27.0 Å². The fourth-order valence-corrected chi connectivity index (χ4v) is 4.38. The summed E-state index contributed by atoms with van der Waals surface area (Å²) in [7, 11) is 4.73. The van der Waals surface area contributed by atoms with Crippen LogP contribution in [0.25, 0.3) is 11.3 Å². The number of methoxy groups -OCH3 is 3. The monoisotopic (exact) mass is 506 g/mol. The molecule has 1 unspecified atom stereocenters. The Bertz CT molecular complexity index is 1210. The molecule has 1 saturated heterocycles. The Hall–Kier alpha value is -4.01. The zero-order chi connectivity index (χ0) is 26.5. The lowest BCUT2D eigenvalue weighted by molar-refractivity contribution is -0.138. The molecule has 1 aliphatic rings. The zero-order valence-electron chi connectivity index (χ0n) is 22.3. The number of amides is 1. The second kappa shape index (κ2) is 11.4. The number of nitrogens with zero attached hydrogens (tertiary/aromatic N) is 4. The molecule has 0 bridgehead atoms. The first-order chi connectivity index (χ1) is 17.9. The second-order valence-corrected chi connectivity index (χ2v) is 8.96. The molecular formula is C28H34N4O5. The van der Waals surface area contributed by atoms with E-state index in [-0.39, 0.29) is 5.91 Å². The predicted molar refractivity (Wildman–Crippen MR) is 142 cm³/mol. The molecule has 1 aliphatic heterocycles. The summed E-state index contributed by atoms with van der Waals surface area (Å²) < 4.78 is 22.3. The van der Waals surface area contributed by atoms with E-state index in [2.05, 4.69) is 15.1 Å². The van der Waals surface area contributed by atoms with Gasteiger partial charge in [-0.05, 0) is 62.2 Å². The summed E-state index contributed by atoms with van der Waals surface area (Å²) in [5, 5.41) is 8.88. The molecule has 196 valence electrons. The summed E-state index contributed by atoms with van der Waals surface area (Å²) in [6, 6.07) is 13.4. The summed E-state index contributed by atoms with van der Waals surface area (Å²) >= 11 is 0. The van der Waals surface area contributed by atoms with E-state index in [1.54, 1.807) is 21.3 Å². The van der Waals surface area contributed by atoms with Crippen molar-refractivity contribution in [1.29, 1.82) is 0 Å². The molecule has 1 atom stereocenters. The van der Waals surface area contributed by atoms with Crippen molar-refractivity contribution in [2.24, 2.45) is 0 Å². The number of hydrogen-bond acceptors (Lipinski definition) is 8. The lowest BCUT2D eigenvalue weighted by atomic mass is 10.1. The average molecular weight is 507 g/mol. The number of rotatable bonds is 8. The molecule has 0 N–H and O–H groups in total. The van der Waals surface area contributed by atoms with E-state index in [1.807, 2.05) is 68.1 Å². The maximum Gasteiger partial charge on any atom is 0.263 e. The molecule has 9 heteroatoms. The van der Waals surface area contributed by atoms with E-state index in [0.717, 1.165) is 28.3 Å². The van der Waals surface area contributed by atoms with Crippen LogP contribution in [0.2, 0.25) is 0 Å². The van der Waals surface area contributed by atoms with Crippen LogP contribution < -0.4 is 23.8 Å². The fourth-order valence-electron chi connectivity index (χ4n) is 4.38. The Morgan fingerprint density at radius 1 is 0.865 bits per heavy atom. The van der Waals surface area contributed by atoms with Crippen LogP contribution in [0.1, 0.15) is 18.1 Å². The van der Waals surface area contributed by atoms with E-state index < -0.39 is 6.10 Å². The average Bonchev–Trinajstić information content (AvgIpc) is 2.94. The number of ether oxygens (including phenoxy) is 4. The Morgan fingerprint density at radius 2 is 1.54 bits per heavy atom. The van der Waals surface area contributed by atoms with E-state index in [9.17, 15) is 4.79 Å². The van der Waals surface area contributed by atoms with E-state index in [4.69, 9.17) is 18.9 Å². The summed E-state index contributed by atoms with van der Waals surface area (Å²) in [5.41, 5.74) is 3.69. The van der Waals surface area contributed by atoms with Crippen molar-refractivity contribution < 1.29 is 23.7 Å². The van der Waals surface area contributed by atoms with Crippen molar-refractivity contribution >= 4 is 11.7 Å². The first-order valence-electron chi connectivity index (χ1n) is 12.3. The van der Waals surface area contributed by atoms with E-state index >= 15 is 0 Å². The van der Waals surface area contributed by atoms with Crippen LogP contribution in [0.5, 0.6) is 23.0 Å². The summed E-state index contributed by atoms with van der Waals surface area (Å²) in [6.07, 6.45) is -0.551. The van der Waals surface area contributed by atoms with Gasteiger partial charge >= 0.3 is 0 Å². The lowest BCUT2D eigenvalue weighted by Crippen LogP contribution is -2.52. The Balaban J connectivity index is 1.38. The highest BCUT2D eigenvalue weighted by Crippen LogP contribution is 2.40. The smallest absolute Gasteiger partial charge is 0.263 e. The van der Waals surface area contributed by atoms with Gasteiger partial charge in [-0.1, -0.05) is 12.1 Å². The first-order valence-corrected chi connectivity index (χ1v) is 12.3. The second-order valence-electron chi connectivity index (χ2n) is 8.96. The van der Waals surface area contributed by atoms with Gasteiger partial charge in [-0.15, -0.1) is 10.2 Å². The first kappa shape index (κ1) is 26.1. The minimum Gasteiger partial charge on any atom is -0.493 e. The molecule has 4 rings (SSSR count). The van der Waals surface area contributed by atoms with Crippen molar-refractivity contribution in [3.8, 4) is 34.3 Å². The molecule has 1 amide bonds. The van der Waals surface area contributed by atoms with Gasteiger partial charge in [-0.25, -0.2) is 0 Å². The number of carbonyl (C=O) groups is 1. The molecule has 1 fully saturated rings. The van der Waals surface area contributed by atoms with Crippen molar-refractivity contribution in [1.82, 2.24) is 15.1 Å². The molecule has 2 heterocycles. The molecule has 0 radical (unpaired) electrons. The van der Waals surface area contributed by atoms with Gasteiger partial charge in [0.25, 0.3) is 5.91 Å². The molecule has 3 aromatic rings. The summed E-state index contributed by atoms with van der Waals surface area (Å²) in [4.78, 5) is 17.0. The predicted octanol–water partition coefficient (Wildman–Crippen LogP) is 3.90. The molecule has 1 aromatic heterocycles. The molecule has 9 nitrogen and oxygen atoms in total. The summed E-state index contributed by atoms with van der Waals surface area (Å²) in [6.45, 7) is 8.37. The van der Waals surface area contributed by atoms with Crippen LogP contribution >= 0.6 is 0 Å². The van der Waals surface area contributed by atoms with Gasteiger partial charge in [-0.3, -0.25) is 4.79 Å². The van der Waals surface area contributed by atoms with Crippen molar-refractivity contribution in [3.05, 3.63) is 53.6 Å².